The average Bonchev–Trinajstić information content (AvgIpc) is 2.47. The molecule has 3 rings (SSSR count). The number of hydrogen-bond donors (Lipinski definition) is 1. The minimum absolute atomic E-state index is 0.885. The highest BCUT2D eigenvalue weighted by atomic mass is 35.5. The zero-order valence-electron chi connectivity index (χ0n) is 12.4. The molecule has 2 unspecified atom stereocenters. The predicted molar refractivity (Wildman–Crippen MR) is 86.5 cm³/mol. The van der Waals surface area contributed by atoms with Crippen molar-refractivity contribution in [2.24, 2.45) is 11.8 Å². The molecule has 1 aromatic carbocycles. The van der Waals surface area contributed by atoms with Gasteiger partial charge in [0.15, 0.2) is 0 Å². The number of nitrogens with one attached hydrogen (secondary N) is 1. The molecule has 0 amide bonds. The minimum atomic E-state index is 0.885. The van der Waals surface area contributed by atoms with Gasteiger partial charge in [-0.3, -0.25) is 0 Å². The van der Waals surface area contributed by atoms with E-state index < -0.39 is 0 Å². The largest absolute Gasteiger partial charge is 0.370 e. The molecule has 1 saturated heterocycles. The highest BCUT2D eigenvalue weighted by molar-refractivity contribution is 6.33. The van der Waals surface area contributed by atoms with Crippen molar-refractivity contribution in [1.82, 2.24) is 5.32 Å². The Labute approximate surface area is 127 Å². The van der Waals surface area contributed by atoms with Crippen molar-refractivity contribution in [2.45, 2.75) is 38.6 Å². The van der Waals surface area contributed by atoms with Crippen LogP contribution in [0.5, 0.6) is 0 Å². The second-order valence-electron chi connectivity index (χ2n) is 6.32. The molecule has 1 aromatic rings. The molecule has 1 aliphatic heterocycles. The number of anilines is 1. The summed E-state index contributed by atoms with van der Waals surface area (Å²) in [5.41, 5.74) is 2.60. The van der Waals surface area contributed by atoms with Gasteiger partial charge >= 0.3 is 0 Å². The molecule has 1 saturated carbocycles. The minimum Gasteiger partial charge on any atom is -0.370 e. The van der Waals surface area contributed by atoms with E-state index in [1.54, 1.807) is 0 Å². The van der Waals surface area contributed by atoms with Crippen LogP contribution in [0.3, 0.4) is 0 Å². The summed E-state index contributed by atoms with van der Waals surface area (Å²) in [6.07, 6.45) is 7.06. The quantitative estimate of drug-likeness (QED) is 0.903. The van der Waals surface area contributed by atoms with E-state index in [0.29, 0.717) is 0 Å². The molecule has 1 aliphatic carbocycles. The molecule has 1 N–H and O–H groups in total. The van der Waals surface area contributed by atoms with Crippen LogP contribution in [-0.2, 0) is 6.54 Å². The number of piperidine rings is 1. The van der Waals surface area contributed by atoms with Crippen molar-refractivity contribution in [3.05, 3.63) is 28.8 Å². The van der Waals surface area contributed by atoms with Gasteiger partial charge in [0, 0.05) is 19.6 Å². The second-order valence-corrected chi connectivity index (χ2v) is 6.72. The average molecular weight is 293 g/mol. The van der Waals surface area contributed by atoms with Crippen molar-refractivity contribution in [2.75, 3.05) is 25.0 Å². The molecule has 0 aromatic heterocycles. The third kappa shape index (κ3) is 2.82. The topological polar surface area (TPSA) is 15.3 Å². The number of benzene rings is 1. The number of fused-ring (bicyclic) bond motifs is 1. The Morgan fingerprint density at radius 1 is 1.20 bits per heavy atom. The van der Waals surface area contributed by atoms with Crippen molar-refractivity contribution in [3.8, 4) is 0 Å². The molecule has 0 bridgehead atoms. The molecule has 1 heterocycles. The van der Waals surface area contributed by atoms with Gasteiger partial charge in [-0.25, -0.2) is 0 Å². The zero-order chi connectivity index (χ0) is 13.9. The first-order valence-electron chi connectivity index (χ1n) is 7.96. The van der Waals surface area contributed by atoms with Crippen LogP contribution < -0.4 is 10.2 Å². The molecule has 2 fully saturated rings. The molecule has 3 heteroatoms. The summed E-state index contributed by atoms with van der Waals surface area (Å²) in [5, 5.41) is 4.17. The third-order valence-electron chi connectivity index (χ3n) is 5.05. The maximum absolute atomic E-state index is 6.50. The maximum Gasteiger partial charge on any atom is 0.0642 e. The Hall–Kier alpha value is -0.730. The normalized spacial score (nSPS) is 26.4. The molecule has 0 radical (unpaired) electrons. The van der Waals surface area contributed by atoms with E-state index in [1.165, 1.54) is 56.4 Å². The lowest BCUT2D eigenvalue weighted by Gasteiger charge is -2.43. The highest BCUT2D eigenvalue weighted by Crippen LogP contribution is 2.40. The molecule has 2 nitrogen and oxygen atoms in total. The van der Waals surface area contributed by atoms with E-state index >= 15 is 0 Å². The fourth-order valence-electron chi connectivity index (χ4n) is 4.05. The summed E-state index contributed by atoms with van der Waals surface area (Å²) in [5.74, 6) is 1.85. The first kappa shape index (κ1) is 14.2. The molecule has 2 aliphatic rings. The van der Waals surface area contributed by atoms with Gasteiger partial charge in [-0.05, 0) is 43.4 Å². The lowest BCUT2D eigenvalue weighted by Crippen LogP contribution is -2.42. The standard InChI is InChI=1S/C17H25ClN2/c1-19-11-14-7-4-8-16(18)17(14)20-10-9-13-5-2-3-6-15(13)12-20/h4,7-8,13,15,19H,2-3,5-6,9-12H2,1H3. The van der Waals surface area contributed by atoms with Crippen molar-refractivity contribution >= 4 is 17.3 Å². The molecular formula is C17H25ClN2. The number of halogens is 1. The van der Waals surface area contributed by atoms with Gasteiger partial charge in [-0.1, -0.05) is 43.0 Å². The number of hydrogen-bond acceptors (Lipinski definition) is 2. The van der Waals surface area contributed by atoms with Gasteiger partial charge in [0.1, 0.15) is 0 Å². The van der Waals surface area contributed by atoms with Crippen LogP contribution in [0.4, 0.5) is 5.69 Å². The lowest BCUT2D eigenvalue weighted by molar-refractivity contribution is 0.202. The Balaban J connectivity index is 1.82. The Kier molecular flexibility index (Phi) is 4.52. The maximum atomic E-state index is 6.50. The van der Waals surface area contributed by atoms with Gasteiger partial charge in [-0.2, -0.15) is 0 Å². The van der Waals surface area contributed by atoms with Crippen LogP contribution >= 0.6 is 11.6 Å². The first-order valence-corrected chi connectivity index (χ1v) is 8.34. The smallest absolute Gasteiger partial charge is 0.0642 e. The van der Waals surface area contributed by atoms with Gasteiger partial charge in [0.2, 0.25) is 0 Å². The third-order valence-corrected chi connectivity index (χ3v) is 5.35. The van der Waals surface area contributed by atoms with E-state index in [2.05, 4.69) is 22.3 Å². The summed E-state index contributed by atoms with van der Waals surface area (Å²) in [6, 6.07) is 6.29. The van der Waals surface area contributed by atoms with Crippen LogP contribution in [0.1, 0.15) is 37.7 Å². The van der Waals surface area contributed by atoms with Gasteiger partial charge in [-0.15, -0.1) is 0 Å². The summed E-state index contributed by atoms with van der Waals surface area (Å²) in [7, 11) is 2.00. The number of rotatable bonds is 3. The number of nitrogens with zero attached hydrogens (tertiary/aromatic N) is 1. The van der Waals surface area contributed by atoms with Crippen LogP contribution in [0.2, 0.25) is 5.02 Å². The van der Waals surface area contributed by atoms with E-state index in [1.807, 2.05) is 13.1 Å². The molecule has 0 spiro atoms. The van der Waals surface area contributed by atoms with Crippen molar-refractivity contribution < 1.29 is 0 Å². The molecule has 110 valence electrons. The van der Waals surface area contributed by atoms with E-state index in [0.717, 1.165) is 23.4 Å². The Morgan fingerprint density at radius 2 is 2.00 bits per heavy atom. The Morgan fingerprint density at radius 3 is 2.80 bits per heavy atom. The van der Waals surface area contributed by atoms with E-state index in [-0.39, 0.29) is 0 Å². The summed E-state index contributed by atoms with van der Waals surface area (Å²) < 4.78 is 0. The van der Waals surface area contributed by atoms with Crippen molar-refractivity contribution in [1.29, 1.82) is 0 Å². The van der Waals surface area contributed by atoms with E-state index in [4.69, 9.17) is 11.6 Å². The molecular weight excluding hydrogens is 268 g/mol. The van der Waals surface area contributed by atoms with Crippen LogP contribution in [0.15, 0.2) is 18.2 Å². The van der Waals surface area contributed by atoms with Gasteiger partial charge in [0.25, 0.3) is 0 Å². The Bertz CT molecular complexity index is 460. The predicted octanol–water partition coefficient (Wildman–Crippen LogP) is 4.08. The van der Waals surface area contributed by atoms with Crippen molar-refractivity contribution in [3.63, 3.8) is 0 Å². The SMILES string of the molecule is CNCc1cccc(Cl)c1N1CCC2CCCCC2C1. The first-order chi connectivity index (χ1) is 9.79. The van der Waals surface area contributed by atoms with Crippen LogP contribution in [0, 0.1) is 11.8 Å². The van der Waals surface area contributed by atoms with E-state index in [9.17, 15) is 0 Å². The second kappa shape index (κ2) is 6.36. The highest BCUT2D eigenvalue weighted by Gasteiger charge is 2.32. The summed E-state index contributed by atoms with van der Waals surface area (Å²) in [6.45, 7) is 3.26. The summed E-state index contributed by atoms with van der Waals surface area (Å²) >= 11 is 6.50. The van der Waals surface area contributed by atoms with Gasteiger partial charge < -0.3 is 10.2 Å². The molecule has 20 heavy (non-hydrogen) atoms. The lowest BCUT2D eigenvalue weighted by atomic mass is 9.75. The number of para-hydroxylation sites is 1. The fraction of sp³-hybridized carbons (Fsp3) is 0.647. The zero-order valence-corrected chi connectivity index (χ0v) is 13.1. The fourth-order valence-corrected chi connectivity index (χ4v) is 4.36. The monoisotopic (exact) mass is 292 g/mol. The molecule has 2 atom stereocenters. The van der Waals surface area contributed by atoms with Gasteiger partial charge in [0.05, 0.1) is 10.7 Å². The van der Waals surface area contributed by atoms with Crippen LogP contribution in [-0.4, -0.2) is 20.1 Å². The van der Waals surface area contributed by atoms with Crippen LogP contribution in [0.25, 0.3) is 0 Å². The summed E-state index contributed by atoms with van der Waals surface area (Å²) in [4.78, 5) is 2.54.